The Balaban J connectivity index is 0.983. The van der Waals surface area contributed by atoms with E-state index in [1.54, 1.807) is 30.3 Å². The molecule has 3 unspecified atom stereocenters. The van der Waals surface area contributed by atoms with Gasteiger partial charge in [-0.05, 0) is 37.1 Å². The molecule has 4 heterocycles. The van der Waals surface area contributed by atoms with Crippen LogP contribution in [0.4, 0.5) is 10.1 Å². The van der Waals surface area contributed by atoms with Crippen molar-refractivity contribution in [2.24, 2.45) is 5.92 Å². The first kappa shape index (κ1) is 25.4. The third kappa shape index (κ3) is 4.75. The zero-order chi connectivity index (χ0) is 28.1. The number of halogens is 1. The van der Waals surface area contributed by atoms with Gasteiger partial charge in [-0.1, -0.05) is 6.07 Å². The van der Waals surface area contributed by atoms with Crippen molar-refractivity contribution in [1.29, 1.82) is 0 Å². The number of hydrogen-bond donors (Lipinski definition) is 1. The van der Waals surface area contributed by atoms with E-state index in [2.05, 4.69) is 20.2 Å². The summed E-state index contributed by atoms with van der Waals surface area (Å²) in [4.78, 5) is 49.0. The average Bonchev–Trinajstić information content (AvgIpc) is 3.71. The molecule has 4 aliphatic rings. The van der Waals surface area contributed by atoms with Gasteiger partial charge in [0.25, 0.3) is 5.91 Å². The summed E-state index contributed by atoms with van der Waals surface area (Å²) in [6.45, 7) is 0.986. The van der Waals surface area contributed by atoms with Gasteiger partial charge in [0.2, 0.25) is 11.8 Å². The predicted octanol–water partition coefficient (Wildman–Crippen LogP) is 3.00. The summed E-state index contributed by atoms with van der Waals surface area (Å²) in [7, 11) is 0. The molecule has 0 spiro atoms. The Bertz CT molecular complexity index is 1530. The second kappa shape index (κ2) is 10.1. The lowest BCUT2D eigenvalue weighted by Gasteiger charge is -2.32. The molecule has 1 N–H and O–H groups in total. The zero-order valence-electron chi connectivity index (χ0n) is 22.2. The SMILES string of the molecule is O=C1CC[C@H](N2Cc3c(OCc4ccc(OC5CCN(c6cncnc6)C6CC56)cc4F)cccc3C2=O)C(=O)N1. The first-order chi connectivity index (χ1) is 20.0. The van der Waals surface area contributed by atoms with Crippen LogP contribution in [-0.4, -0.2) is 57.3 Å². The number of ether oxygens (including phenoxy) is 2. The fourth-order valence-corrected chi connectivity index (χ4v) is 6.25. The summed E-state index contributed by atoms with van der Waals surface area (Å²) < 4.78 is 27.3. The molecule has 11 heteroatoms. The number of nitrogens with one attached hydrogen (secondary N) is 1. The van der Waals surface area contributed by atoms with Gasteiger partial charge in [-0.3, -0.25) is 19.7 Å². The van der Waals surface area contributed by atoms with E-state index in [0.717, 1.165) is 25.1 Å². The van der Waals surface area contributed by atoms with Crippen molar-refractivity contribution in [3.05, 3.63) is 77.6 Å². The average molecular weight is 558 g/mol. The quantitative estimate of drug-likeness (QED) is 0.441. The molecule has 3 amide bonds. The summed E-state index contributed by atoms with van der Waals surface area (Å²) in [6, 6.07) is 9.63. The van der Waals surface area contributed by atoms with Crippen molar-refractivity contribution in [3.63, 3.8) is 0 Å². The number of aromatic nitrogens is 2. The van der Waals surface area contributed by atoms with E-state index in [1.807, 2.05) is 12.4 Å². The number of hydrogen-bond acceptors (Lipinski definition) is 8. The van der Waals surface area contributed by atoms with Crippen LogP contribution in [0, 0.1) is 11.7 Å². The van der Waals surface area contributed by atoms with Crippen LogP contribution in [0.25, 0.3) is 0 Å². The molecule has 10 nitrogen and oxygen atoms in total. The Kier molecular flexibility index (Phi) is 6.29. The number of carbonyl (C=O) groups excluding carboxylic acids is 3. The van der Waals surface area contributed by atoms with Crippen LogP contribution in [0.3, 0.4) is 0 Å². The van der Waals surface area contributed by atoms with Gasteiger partial charge >= 0.3 is 0 Å². The normalized spacial score (nSPS) is 25.0. The number of rotatable bonds is 7. The predicted molar refractivity (Wildman–Crippen MR) is 144 cm³/mol. The lowest BCUT2D eigenvalue weighted by Crippen LogP contribution is -2.52. The van der Waals surface area contributed by atoms with Crippen LogP contribution < -0.4 is 19.7 Å². The molecule has 0 radical (unpaired) electrons. The van der Waals surface area contributed by atoms with Crippen LogP contribution in [-0.2, 0) is 22.7 Å². The van der Waals surface area contributed by atoms with E-state index >= 15 is 4.39 Å². The fraction of sp³-hybridized carbons (Fsp3) is 0.367. The van der Waals surface area contributed by atoms with E-state index in [-0.39, 0.29) is 43.9 Å². The molecular weight excluding hydrogens is 529 g/mol. The smallest absolute Gasteiger partial charge is 0.255 e. The highest BCUT2D eigenvalue weighted by atomic mass is 19.1. The number of amides is 3. The largest absolute Gasteiger partial charge is 0.490 e. The number of imide groups is 1. The highest BCUT2D eigenvalue weighted by molar-refractivity contribution is 6.05. The number of fused-ring (bicyclic) bond motifs is 2. The molecule has 3 aliphatic heterocycles. The van der Waals surface area contributed by atoms with Gasteiger partial charge in [-0.2, -0.15) is 0 Å². The molecule has 4 atom stereocenters. The summed E-state index contributed by atoms with van der Waals surface area (Å²) in [5.41, 5.74) is 2.48. The number of piperidine rings is 2. The minimum atomic E-state index is -0.712. The lowest BCUT2D eigenvalue weighted by atomic mass is 10.0. The van der Waals surface area contributed by atoms with Gasteiger partial charge in [0.1, 0.15) is 42.4 Å². The minimum Gasteiger partial charge on any atom is -0.490 e. The molecule has 2 aromatic carbocycles. The second-order valence-electron chi connectivity index (χ2n) is 10.9. The van der Waals surface area contributed by atoms with Crippen molar-refractivity contribution in [2.75, 3.05) is 11.4 Å². The molecule has 41 heavy (non-hydrogen) atoms. The third-order valence-corrected chi connectivity index (χ3v) is 8.45. The van der Waals surface area contributed by atoms with Crippen molar-refractivity contribution >= 4 is 23.4 Å². The molecule has 1 saturated carbocycles. The van der Waals surface area contributed by atoms with Gasteiger partial charge in [-0.15, -0.1) is 0 Å². The molecule has 210 valence electrons. The van der Waals surface area contributed by atoms with Crippen LogP contribution in [0.15, 0.2) is 55.1 Å². The van der Waals surface area contributed by atoms with Crippen LogP contribution in [0.1, 0.15) is 47.2 Å². The maximum absolute atomic E-state index is 15.1. The Morgan fingerprint density at radius 2 is 1.90 bits per heavy atom. The van der Waals surface area contributed by atoms with Gasteiger partial charge in [0.15, 0.2) is 0 Å². The molecule has 7 rings (SSSR count). The van der Waals surface area contributed by atoms with Crippen molar-refractivity contribution < 1.29 is 28.2 Å². The summed E-state index contributed by atoms with van der Waals surface area (Å²) in [5, 5.41) is 2.30. The van der Waals surface area contributed by atoms with Crippen LogP contribution >= 0.6 is 0 Å². The Morgan fingerprint density at radius 3 is 2.71 bits per heavy atom. The Labute approximate surface area is 235 Å². The van der Waals surface area contributed by atoms with Crippen molar-refractivity contribution in [2.45, 2.75) is 57.0 Å². The highest BCUT2D eigenvalue weighted by Gasteiger charge is 2.51. The van der Waals surface area contributed by atoms with Crippen LogP contribution in [0.2, 0.25) is 0 Å². The van der Waals surface area contributed by atoms with E-state index < -0.39 is 17.8 Å². The van der Waals surface area contributed by atoms with Crippen LogP contribution in [0.5, 0.6) is 11.5 Å². The molecule has 3 fully saturated rings. The lowest BCUT2D eigenvalue weighted by molar-refractivity contribution is -0.136. The van der Waals surface area contributed by atoms with Crippen molar-refractivity contribution in [3.8, 4) is 11.5 Å². The first-order valence-electron chi connectivity index (χ1n) is 13.8. The highest BCUT2D eigenvalue weighted by Crippen LogP contribution is 2.46. The van der Waals surface area contributed by atoms with E-state index in [4.69, 9.17) is 9.47 Å². The Hall–Kier alpha value is -4.54. The van der Waals surface area contributed by atoms with E-state index in [1.165, 1.54) is 17.3 Å². The minimum absolute atomic E-state index is 0.0270. The number of nitrogens with zero attached hydrogens (tertiary/aromatic N) is 4. The standard InChI is InChI=1S/C30H28FN5O5/c31-23-10-19(41-27-8-9-35(25-11-21(25)27)18-12-32-16-33-13-18)5-4-17(23)15-40-26-3-1-2-20-22(26)14-36(30(20)39)24-6-7-28(37)34-29(24)38/h1-5,10,12-13,16,21,24-25,27H,6-9,11,14-15H2,(H,34,37,38)/t21?,24-,25?,27?/m0/s1. The van der Waals surface area contributed by atoms with E-state index in [0.29, 0.717) is 40.1 Å². The van der Waals surface area contributed by atoms with E-state index in [9.17, 15) is 14.4 Å². The monoisotopic (exact) mass is 557 g/mol. The Morgan fingerprint density at radius 1 is 1.05 bits per heavy atom. The molecule has 1 aromatic heterocycles. The maximum Gasteiger partial charge on any atom is 0.255 e. The molecule has 0 bridgehead atoms. The second-order valence-corrected chi connectivity index (χ2v) is 10.9. The third-order valence-electron chi connectivity index (χ3n) is 8.45. The number of anilines is 1. The van der Waals surface area contributed by atoms with Gasteiger partial charge in [0, 0.05) is 54.1 Å². The number of benzene rings is 2. The zero-order valence-corrected chi connectivity index (χ0v) is 22.2. The first-order valence-corrected chi connectivity index (χ1v) is 13.8. The summed E-state index contributed by atoms with van der Waals surface area (Å²) in [6.07, 6.45) is 7.53. The topological polar surface area (TPSA) is 114 Å². The molecular formula is C30H28FN5O5. The fourth-order valence-electron chi connectivity index (χ4n) is 6.25. The number of carbonyl (C=O) groups is 3. The summed E-state index contributed by atoms with van der Waals surface area (Å²) in [5.74, 6) is -0.180. The van der Waals surface area contributed by atoms with Crippen molar-refractivity contribution in [1.82, 2.24) is 20.2 Å². The maximum atomic E-state index is 15.1. The van der Waals surface area contributed by atoms with Gasteiger partial charge in [-0.25, -0.2) is 14.4 Å². The van der Waals surface area contributed by atoms with Gasteiger partial charge < -0.3 is 19.3 Å². The summed E-state index contributed by atoms with van der Waals surface area (Å²) >= 11 is 0. The molecule has 1 aliphatic carbocycles. The van der Waals surface area contributed by atoms with Gasteiger partial charge in [0.05, 0.1) is 24.6 Å². The molecule has 3 aromatic rings. The molecule has 2 saturated heterocycles.